The van der Waals surface area contributed by atoms with E-state index in [9.17, 15) is 4.79 Å². The van der Waals surface area contributed by atoms with Gasteiger partial charge in [-0.2, -0.15) is 0 Å². The van der Waals surface area contributed by atoms with Gasteiger partial charge >= 0.3 is 0 Å². The Bertz CT molecular complexity index is 1010. The van der Waals surface area contributed by atoms with Crippen molar-refractivity contribution in [2.75, 3.05) is 13.7 Å². The molecule has 0 unspecified atom stereocenters. The summed E-state index contributed by atoms with van der Waals surface area (Å²) in [5, 5.41) is 0. The van der Waals surface area contributed by atoms with Gasteiger partial charge in [0.05, 0.1) is 12.0 Å². The fourth-order valence-electron chi connectivity index (χ4n) is 2.78. The smallest absolute Gasteiger partial charge is 0.266 e. The van der Waals surface area contributed by atoms with Crippen molar-refractivity contribution in [2.24, 2.45) is 0 Å². The molecule has 2 aromatic carbocycles. The zero-order chi connectivity index (χ0) is 18.8. The number of rotatable bonds is 5. The predicted octanol–water partition coefficient (Wildman–Crippen LogP) is 4.28. The summed E-state index contributed by atoms with van der Waals surface area (Å²) < 4.78 is 11.4. The van der Waals surface area contributed by atoms with Crippen LogP contribution in [-0.2, 0) is 11.2 Å². The molecule has 1 aliphatic rings. The minimum atomic E-state index is -0.0862. The van der Waals surface area contributed by atoms with E-state index in [1.54, 1.807) is 12.0 Å². The van der Waals surface area contributed by atoms with Crippen LogP contribution in [0, 0.1) is 0 Å². The number of aromatic nitrogens is 1. The molecular formula is C20H16N2O3S2. The van der Waals surface area contributed by atoms with Crippen LogP contribution in [0.3, 0.4) is 0 Å². The van der Waals surface area contributed by atoms with Crippen molar-refractivity contribution in [1.29, 1.82) is 0 Å². The summed E-state index contributed by atoms with van der Waals surface area (Å²) in [4.78, 5) is 19.4. The van der Waals surface area contributed by atoms with E-state index < -0.39 is 0 Å². The second-order valence-electron chi connectivity index (χ2n) is 5.93. The highest BCUT2D eigenvalue weighted by Crippen LogP contribution is 2.33. The number of ether oxygens (including phenoxy) is 1. The van der Waals surface area contributed by atoms with Gasteiger partial charge in [-0.25, -0.2) is 4.98 Å². The zero-order valence-corrected chi connectivity index (χ0v) is 16.2. The van der Waals surface area contributed by atoms with Crippen molar-refractivity contribution in [3.05, 3.63) is 64.9 Å². The molecule has 2 heterocycles. The molecular weight excluding hydrogens is 380 g/mol. The summed E-state index contributed by atoms with van der Waals surface area (Å²) >= 11 is 6.70. The molecule has 0 aliphatic carbocycles. The van der Waals surface area contributed by atoms with E-state index >= 15 is 0 Å². The van der Waals surface area contributed by atoms with Gasteiger partial charge in [0.2, 0.25) is 0 Å². The van der Waals surface area contributed by atoms with Gasteiger partial charge in [0.15, 0.2) is 11.5 Å². The van der Waals surface area contributed by atoms with Crippen LogP contribution in [0.4, 0.5) is 0 Å². The number of para-hydroxylation sites is 2. The molecule has 1 saturated heterocycles. The summed E-state index contributed by atoms with van der Waals surface area (Å²) in [6.45, 7) is 0.442. The van der Waals surface area contributed by atoms with E-state index in [1.165, 1.54) is 11.8 Å². The molecule has 7 heteroatoms. The third kappa shape index (κ3) is 3.74. The number of oxazole rings is 1. The molecule has 0 saturated carbocycles. The summed E-state index contributed by atoms with van der Waals surface area (Å²) in [5.74, 6) is 1.29. The van der Waals surface area contributed by atoms with Crippen LogP contribution in [0.5, 0.6) is 5.75 Å². The number of benzene rings is 2. The molecule has 1 fully saturated rings. The minimum Gasteiger partial charge on any atom is -0.497 e. The largest absolute Gasteiger partial charge is 0.497 e. The summed E-state index contributed by atoms with van der Waals surface area (Å²) in [5.41, 5.74) is 2.49. The van der Waals surface area contributed by atoms with Gasteiger partial charge in [-0.1, -0.05) is 48.2 Å². The fraction of sp³-hybridized carbons (Fsp3) is 0.150. The summed E-state index contributed by atoms with van der Waals surface area (Å²) in [7, 11) is 1.62. The van der Waals surface area contributed by atoms with E-state index in [2.05, 4.69) is 4.98 Å². The summed E-state index contributed by atoms with van der Waals surface area (Å²) in [6, 6.07) is 15.1. The first-order valence-electron chi connectivity index (χ1n) is 8.38. The van der Waals surface area contributed by atoms with E-state index in [1.807, 2.05) is 54.6 Å². The van der Waals surface area contributed by atoms with Crippen molar-refractivity contribution < 1.29 is 13.9 Å². The average Bonchev–Trinajstić information content (AvgIpc) is 3.21. The van der Waals surface area contributed by atoms with Crippen molar-refractivity contribution in [3.8, 4) is 5.75 Å². The molecule has 4 rings (SSSR count). The molecule has 3 aromatic rings. The number of amides is 1. The molecule has 1 amide bonds. The lowest BCUT2D eigenvalue weighted by Crippen LogP contribution is -2.30. The third-order valence-electron chi connectivity index (χ3n) is 4.17. The van der Waals surface area contributed by atoms with Gasteiger partial charge in [-0.3, -0.25) is 9.69 Å². The topological polar surface area (TPSA) is 55.6 Å². The zero-order valence-electron chi connectivity index (χ0n) is 14.5. The molecule has 0 radical (unpaired) electrons. The molecule has 5 nitrogen and oxygen atoms in total. The van der Waals surface area contributed by atoms with E-state index in [4.69, 9.17) is 21.4 Å². The molecule has 1 aromatic heterocycles. The lowest BCUT2D eigenvalue weighted by molar-refractivity contribution is -0.122. The van der Waals surface area contributed by atoms with Gasteiger partial charge in [0.25, 0.3) is 5.91 Å². The normalized spacial score (nSPS) is 15.9. The van der Waals surface area contributed by atoms with E-state index in [-0.39, 0.29) is 5.91 Å². The Hall–Kier alpha value is -2.64. The highest BCUT2D eigenvalue weighted by atomic mass is 32.2. The van der Waals surface area contributed by atoms with Gasteiger partial charge in [0, 0.05) is 13.0 Å². The van der Waals surface area contributed by atoms with Crippen LogP contribution < -0.4 is 4.74 Å². The Kier molecular flexibility index (Phi) is 4.96. The van der Waals surface area contributed by atoms with Crippen molar-refractivity contribution in [3.63, 3.8) is 0 Å². The average molecular weight is 396 g/mol. The van der Waals surface area contributed by atoms with Crippen LogP contribution in [0.1, 0.15) is 11.5 Å². The second kappa shape index (κ2) is 7.54. The number of carbonyl (C=O) groups excluding carboxylic acids is 1. The number of thiocarbonyl (C=S) groups is 1. The molecule has 1 aliphatic heterocycles. The van der Waals surface area contributed by atoms with Crippen LogP contribution in [0.25, 0.3) is 17.2 Å². The SMILES string of the molecule is COc1ccc(C=C2SC(=S)N(CCc3nc4ccccc4o3)C2=O)cc1. The van der Waals surface area contributed by atoms with Gasteiger partial charge in [-0.05, 0) is 35.9 Å². The number of methoxy groups -OCH3 is 1. The minimum absolute atomic E-state index is 0.0862. The Morgan fingerprint density at radius 3 is 2.74 bits per heavy atom. The molecule has 136 valence electrons. The maximum absolute atomic E-state index is 12.7. The van der Waals surface area contributed by atoms with Gasteiger partial charge in [-0.15, -0.1) is 0 Å². The number of thioether (sulfide) groups is 1. The highest BCUT2D eigenvalue weighted by molar-refractivity contribution is 8.26. The van der Waals surface area contributed by atoms with Crippen LogP contribution in [-0.4, -0.2) is 33.8 Å². The first-order chi connectivity index (χ1) is 13.1. The van der Waals surface area contributed by atoms with Crippen LogP contribution in [0.15, 0.2) is 57.9 Å². The standard InChI is InChI=1S/C20H16N2O3S2/c1-24-14-8-6-13(7-9-14)12-17-19(23)22(20(26)27-17)11-10-18-21-15-4-2-3-5-16(15)25-18/h2-9,12H,10-11H2,1H3. The highest BCUT2D eigenvalue weighted by Gasteiger charge is 2.32. The summed E-state index contributed by atoms with van der Waals surface area (Å²) in [6.07, 6.45) is 2.36. The first kappa shape index (κ1) is 17.8. The monoisotopic (exact) mass is 396 g/mol. The Morgan fingerprint density at radius 2 is 2.00 bits per heavy atom. The lowest BCUT2D eigenvalue weighted by atomic mass is 10.2. The van der Waals surface area contributed by atoms with Gasteiger partial charge in [0.1, 0.15) is 15.6 Å². The Balaban J connectivity index is 1.46. The fourth-order valence-corrected chi connectivity index (χ4v) is 4.09. The number of fused-ring (bicyclic) bond motifs is 1. The third-order valence-corrected chi connectivity index (χ3v) is 5.55. The Morgan fingerprint density at radius 1 is 1.22 bits per heavy atom. The first-order valence-corrected chi connectivity index (χ1v) is 9.60. The van der Waals surface area contributed by atoms with E-state index in [0.717, 1.165) is 22.4 Å². The molecule has 0 N–H and O–H groups in total. The molecule has 0 atom stereocenters. The van der Waals surface area contributed by atoms with Crippen LogP contribution in [0.2, 0.25) is 0 Å². The lowest BCUT2D eigenvalue weighted by Gasteiger charge is -2.12. The number of nitrogens with zero attached hydrogens (tertiary/aromatic N) is 2. The number of carbonyl (C=O) groups is 1. The van der Waals surface area contributed by atoms with Crippen molar-refractivity contribution >= 4 is 51.4 Å². The van der Waals surface area contributed by atoms with E-state index in [0.29, 0.717) is 28.1 Å². The van der Waals surface area contributed by atoms with Gasteiger partial charge < -0.3 is 9.15 Å². The Labute approximate surface area is 166 Å². The molecule has 27 heavy (non-hydrogen) atoms. The molecule has 0 bridgehead atoms. The predicted molar refractivity (Wildman–Crippen MR) is 111 cm³/mol. The van der Waals surface area contributed by atoms with Crippen LogP contribution >= 0.6 is 24.0 Å². The number of hydrogen-bond donors (Lipinski definition) is 0. The second-order valence-corrected chi connectivity index (χ2v) is 7.61. The van der Waals surface area contributed by atoms with Crippen molar-refractivity contribution in [1.82, 2.24) is 9.88 Å². The van der Waals surface area contributed by atoms with Crippen molar-refractivity contribution in [2.45, 2.75) is 6.42 Å². The maximum atomic E-state index is 12.7. The quantitative estimate of drug-likeness (QED) is 0.474. The number of hydrogen-bond acceptors (Lipinski definition) is 6. The molecule has 0 spiro atoms. The maximum Gasteiger partial charge on any atom is 0.266 e.